The van der Waals surface area contributed by atoms with Crippen LogP contribution in [0.5, 0.6) is 0 Å². The Bertz CT molecular complexity index is 120. The fourth-order valence-electron chi connectivity index (χ4n) is 1.59. The molecule has 0 aliphatic heterocycles. The third-order valence-corrected chi connectivity index (χ3v) is 2.46. The second-order valence-corrected chi connectivity index (χ2v) is 3.98. The van der Waals surface area contributed by atoms with E-state index in [9.17, 15) is 4.79 Å². The van der Waals surface area contributed by atoms with Gasteiger partial charge in [0.15, 0.2) is 0 Å². The molecule has 0 aromatic heterocycles. The van der Waals surface area contributed by atoms with E-state index in [1.807, 2.05) is 0 Å². The molecule has 1 heteroatoms. The lowest BCUT2D eigenvalue weighted by Crippen LogP contribution is -2.17. The molecule has 0 N–H and O–H groups in total. The fourth-order valence-corrected chi connectivity index (χ4v) is 1.59. The summed E-state index contributed by atoms with van der Waals surface area (Å²) in [5.74, 6) is 0. The minimum atomic E-state index is -0.0378. The van der Waals surface area contributed by atoms with Crippen molar-refractivity contribution in [2.45, 2.75) is 59.3 Å². The van der Waals surface area contributed by atoms with E-state index < -0.39 is 0 Å². The molecule has 1 unspecified atom stereocenters. The van der Waals surface area contributed by atoms with Crippen LogP contribution in [0.2, 0.25) is 0 Å². The first kappa shape index (κ1) is 11.7. The van der Waals surface area contributed by atoms with E-state index >= 15 is 0 Å². The highest BCUT2D eigenvalue weighted by Gasteiger charge is 2.21. The van der Waals surface area contributed by atoms with Crippen molar-refractivity contribution in [1.82, 2.24) is 0 Å². The van der Waals surface area contributed by atoms with Gasteiger partial charge in [-0.2, -0.15) is 0 Å². The highest BCUT2D eigenvalue weighted by atomic mass is 16.1. The van der Waals surface area contributed by atoms with E-state index in [4.69, 9.17) is 0 Å². The zero-order valence-electron chi connectivity index (χ0n) is 8.73. The Hall–Kier alpha value is -0.330. The van der Waals surface area contributed by atoms with Gasteiger partial charge in [-0.1, -0.05) is 46.5 Å². The Kier molecular flexibility index (Phi) is 6.04. The maximum Gasteiger partial charge on any atom is 0.125 e. The Labute approximate surface area is 76.6 Å². The van der Waals surface area contributed by atoms with Crippen LogP contribution in [0.4, 0.5) is 0 Å². The van der Waals surface area contributed by atoms with Crippen LogP contribution in [-0.2, 0) is 4.79 Å². The lowest BCUT2D eigenvalue weighted by molar-refractivity contribution is -0.116. The highest BCUT2D eigenvalue weighted by Crippen LogP contribution is 2.27. The van der Waals surface area contributed by atoms with Gasteiger partial charge >= 0.3 is 0 Å². The standard InChI is InChI=1S/C11H22O/c1-4-6-7-9-11(3,10-12)8-5-2/h10H,4-9H2,1-3H3. The van der Waals surface area contributed by atoms with Gasteiger partial charge in [-0.15, -0.1) is 0 Å². The smallest absolute Gasteiger partial charge is 0.125 e. The summed E-state index contributed by atoms with van der Waals surface area (Å²) >= 11 is 0. The van der Waals surface area contributed by atoms with E-state index in [-0.39, 0.29) is 5.41 Å². The summed E-state index contributed by atoms with van der Waals surface area (Å²) in [6.07, 6.45) is 8.06. The van der Waals surface area contributed by atoms with Crippen molar-refractivity contribution in [2.24, 2.45) is 5.41 Å². The second kappa shape index (κ2) is 6.22. The monoisotopic (exact) mass is 170 g/mol. The molecule has 1 atom stereocenters. The van der Waals surface area contributed by atoms with Crippen LogP contribution in [0.1, 0.15) is 59.3 Å². The van der Waals surface area contributed by atoms with Gasteiger partial charge in [-0.05, 0) is 12.8 Å². The summed E-state index contributed by atoms with van der Waals surface area (Å²) in [6, 6.07) is 0. The van der Waals surface area contributed by atoms with E-state index in [1.54, 1.807) is 0 Å². The van der Waals surface area contributed by atoms with Crippen LogP contribution in [0, 0.1) is 5.41 Å². The third kappa shape index (κ3) is 4.53. The third-order valence-electron chi connectivity index (χ3n) is 2.46. The van der Waals surface area contributed by atoms with E-state index in [2.05, 4.69) is 20.8 Å². The van der Waals surface area contributed by atoms with E-state index in [0.717, 1.165) is 25.5 Å². The minimum absolute atomic E-state index is 0.0378. The average molecular weight is 170 g/mol. The van der Waals surface area contributed by atoms with Gasteiger partial charge in [-0.25, -0.2) is 0 Å². The summed E-state index contributed by atoms with van der Waals surface area (Å²) in [4.78, 5) is 10.8. The maximum atomic E-state index is 10.8. The maximum absolute atomic E-state index is 10.8. The minimum Gasteiger partial charge on any atom is -0.303 e. The summed E-state index contributed by atoms with van der Waals surface area (Å²) in [5, 5.41) is 0. The number of aldehydes is 1. The molecule has 0 fully saturated rings. The first-order valence-corrected chi connectivity index (χ1v) is 5.15. The predicted octanol–water partition coefficient (Wildman–Crippen LogP) is 3.57. The van der Waals surface area contributed by atoms with Crippen LogP contribution in [0.25, 0.3) is 0 Å². The summed E-state index contributed by atoms with van der Waals surface area (Å²) in [6.45, 7) is 6.42. The van der Waals surface area contributed by atoms with Crippen LogP contribution < -0.4 is 0 Å². The fraction of sp³-hybridized carbons (Fsp3) is 0.909. The molecule has 0 amide bonds. The molecule has 0 aromatic carbocycles. The van der Waals surface area contributed by atoms with Crippen LogP contribution in [0.15, 0.2) is 0 Å². The zero-order chi connectivity index (χ0) is 9.45. The quantitative estimate of drug-likeness (QED) is 0.421. The van der Waals surface area contributed by atoms with Crippen molar-refractivity contribution in [3.8, 4) is 0 Å². The molecule has 0 bridgehead atoms. The normalized spacial score (nSPS) is 15.6. The lowest BCUT2D eigenvalue weighted by Gasteiger charge is -2.21. The van der Waals surface area contributed by atoms with E-state index in [0.29, 0.717) is 0 Å². The van der Waals surface area contributed by atoms with Crippen molar-refractivity contribution in [3.63, 3.8) is 0 Å². The van der Waals surface area contributed by atoms with Crippen molar-refractivity contribution in [1.29, 1.82) is 0 Å². The molecule has 72 valence electrons. The number of hydrogen-bond acceptors (Lipinski definition) is 1. The van der Waals surface area contributed by atoms with Crippen molar-refractivity contribution < 1.29 is 4.79 Å². The molecule has 0 heterocycles. The van der Waals surface area contributed by atoms with Gasteiger partial charge in [0.05, 0.1) is 0 Å². The SMILES string of the molecule is CCCCCC(C)(C=O)CCC. The highest BCUT2D eigenvalue weighted by molar-refractivity contribution is 5.58. The second-order valence-electron chi connectivity index (χ2n) is 3.98. The molecule has 0 aromatic rings. The van der Waals surface area contributed by atoms with Crippen molar-refractivity contribution in [3.05, 3.63) is 0 Å². The lowest BCUT2D eigenvalue weighted by atomic mass is 9.82. The summed E-state index contributed by atoms with van der Waals surface area (Å²) < 4.78 is 0. The first-order chi connectivity index (χ1) is 5.68. The molecule has 0 radical (unpaired) electrons. The van der Waals surface area contributed by atoms with Gasteiger partial charge in [0.25, 0.3) is 0 Å². The molecule has 12 heavy (non-hydrogen) atoms. The number of rotatable bonds is 7. The molecule has 0 saturated carbocycles. The molecular weight excluding hydrogens is 148 g/mol. The molecule has 0 aliphatic rings. The van der Waals surface area contributed by atoms with E-state index in [1.165, 1.54) is 19.3 Å². The molecule has 0 spiro atoms. The Morgan fingerprint density at radius 3 is 2.17 bits per heavy atom. The van der Waals surface area contributed by atoms with Gasteiger partial charge < -0.3 is 4.79 Å². The summed E-state index contributed by atoms with van der Waals surface area (Å²) in [5.41, 5.74) is -0.0378. The van der Waals surface area contributed by atoms with Crippen molar-refractivity contribution in [2.75, 3.05) is 0 Å². The van der Waals surface area contributed by atoms with Gasteiger partial charge in [0.2, 0.25) is 0 Å². The van der Waals surface area contributed by atoms with Crippen LogP contribution in [0.3, 0.4) is 0 Å². The number of unbranched alkanes of at least 4 members (excludes halogenated alkanes) is 2. The Morgan fingerprint density at radius 1 is 1.08 bits per heavy atom. The molecule has 0 saturated heterocycles. The van der Waals surface area contributed by atoms with Crippen LogP contribution in [-0.4, -0.2) is 6.29 Å². The first-order valence-electron chi connectivity index (χ1n) is 5.15. The molecule has 0 aliphatic carbocycles. The Morgan fingerprint density at radius 2 is 1.75 bits per heavy atom. The molecule has 0 rings (SSSR count). The van der Waals surface area contributed by atoms with Gasteiger partial charge in [0, 0.05) is 5.41 Å². The topological polar surface area (TPSA) is 17.1 Å². The molecular formula is C11H22O. The zero-order valence-corrected chi connectivity index (χ0v) is 8.73. The van der Waals surface area contributed by atoms with Crippen molar-refractivity contribution >= 4 is 6.29 Å². The van der Waals surface area contributed by atoms with Gasteiger partial charge in [-0.3, -0.25) is 0 Å². The Balaban J connectivity index is 3.71. The number of carbonyl (C=O) groups excluding carboxylic acids is 1. The number of carbonyl (C=O) groups is 1. The number of hydrogen-bond donors (Lipinski definition) is 0. The average Bonchev–Trinajstić information content (AvgIpc) is 2.06. The predicted molar refractivity (Wildman–Crippen MR) is 53.2 cm³/mol. The molecule has 1 nitrogen and oxygen atoms in total. The largest absolute Gasteiger partial charge is 0.303 e. The van der Waals surface area contributed by atoms with Crippen LogP contribution >= 0.6 is 0 Å². The summed E-state index contributed by atoms with van der Waals surface area (Å²) in [7, 11) is 0. The van der Waals surface area contributed by atoms with Gasteiger partial charge in [0.1, 0.15) is 6.29 Å².